The molecular weight excluding hydrogens is 395 g/mol. The largest absolute Gasteiger partial charge is 0.490 e. The summed E-state index contributed by atoms with van der Waals surface area (Å²) >= 11 is 1.75. The second-order valence-corrected chi connectivity index (χ2v) is 6.98. The molecule has 0 amide bonds. The van der Waals surface area contributed by atoms with E-state index in [1.54, 1.807) is 11.3 Å². The topological polar surface area (TPSA) is 78.1 Å². The number of aromatic nitrogens is 2. The number of rotatable bonds is 6. The summed E-state index contributed by atoms with van der Waals surface area (Å²) in [5.41, 5.74) is 3.19. The smallest absolute Gasteiger partial charge is 0.475 e. The monoisotopic (exact) mass is 415 g/mol. The third kappa shape index (κ3) is 6.32. The number of halogens is 3. The summed E-state index contributed by atoms with van der Waals surface area (Å²) in [6, 6.07) is 10.3. The Kier molecular flexibility index (Phi) is 7.55. The molecule has 3 aromatic rings. The van der Waals surface area contributed by atoms with E-state index in [1.807, 2.05) is 12.1 Å². The molecule has 0 aliphatic heterocycles. The highest BCUT2D eigenvalue weighted by Crippen LogP contribution is 2.15. The minimum absolute atomic E-state index is 0.164. The number of imidazole rings is 1. The molecule has 3 aromatic heterocycles. The first-order valence-corrected chi connectivity index (χ1v) is 9.18. The molecule has 152 valence electrons. The van der Waals surface area contributed by atoms with Crippen molar-refractivity contribution in [1.29, 1.82) is 0 Å². The number of carboxylic acid groups (broad SMARTS) is 1. The minimum Gasteiger partial charge on any atom is -0.475 e. The van der Waals surface area contributed by atoms with Crippen LogP contribution in [0, 0.1) is 6.92 Å². The van der Waals surface area contributed by atoms with E-state index in [9.17, 15) is 18.3 Å². The number of thiophene rings is 1. The minimum atomic E-state index is -5.08. The van der Waals surface area contributed by atoms with Gasteiger partial charge in [-0.05, 0) is 30.5 Å². The van der Waals surface area contributed by atoms with Gasteiger partial charge in [-0.25, -0.2) is 9.78 Å². The average Bonchev–Trinajstić information content (AvgIpc) is 3.25. The summed E-state index contributed by atoms with van der Waals surface area (Å²) in [5.74, 6) is -2.76. The lowest BCUT2D eigenvalue weighted by molar-refractivity contribution is -0.192. The van der Waals surface area contributed by atoms with Crippen molar-refractivity contribution in [2.75, 3.05) is 13.2 Å². The van der Waals surface area contributed by atoms with Crippen LogP contribution in [0.4, 0.5) is 13.2 Å². The number of aryl methyl sites for hydroxylation is 1. The van der Waals surface area contributed by atoms with Gasteiger partial charge in [-0.3, -0.25) is 4.90 Å². The van der Waals surface area contributed by atoms with Crippen LogP contribution in [0.25, 0.3) is 5.65 Å². The number of pyridine rings is 1. The third-order valence-corrected chi connectivity index (χ3v) is 4.61. The van der Waals surface area contributed by atoms with Crippen molar-refractivity contribution in [3.8, 4) is 0 Å². The van der Waals surface area contributed by atoms with Crippen molar-refractivity contribution in [2.45, 2.75) is 26.2 Å². The molecule has 0 bridgehead atoms. The number of nitrogens with zero attached hydrogens (tertiary/aromatic N) is 3. The summed E-state index contributed by atoms with van der Waals surface area (Å²) in [5, 5.41) is 18.5. The Hall–Kier alpha value is -2.43. The number of hydrogen-bond acceptors (Lipinski definition) is 5. The zero-order valence-corrected chi connectivity index (χ0v) is 15.9. The standard InChI is InChI=1S/C16H19N3OS.C2HF3O2/c1-13-4-2-6-16-17-14(11-19(13)16)10-18(7-8-20)12-15-5-3-9-21-15;3-2(4,5)1(6)7/h2-6,9,11,20H,7-8,10,12H2,1H3;(H,6,7). The maximum atomic E-state index is 10.6. The number of aliphatic carboxylic acids is 1. The molecule has 0 spiro atoms. The van der Waals surface area contributed by atoms with Crippen LogP contribution in [-0.2, 0) is 17.9 Å². The summed E-state index contributed by atoms with van der Waals surface area (Å²) in [6.07, 6.45) is -3.00. The van der Waals surface area contributed by atoms with E-state index in [2.05, 4.69) is 51.0 Å². The quantitative estimate of drug-likeness (QED) is 0.646. The first-order chi connectivity index (χ1) is 13.2. The summed E-state index contributed by atoms with van der Waals surface area (Å²) in [7, 11) is 0. The molecule has 0 aliphatic carbocycles. The van der Waals surface area contributed by atoms with Crippen LogP contribution in [0.2, 0.25) is 0 Å². The van der Waals surface area contributed by atoms with Crippen molar-refractivity contribution in [2.24, 2.45) is 0 Å². The van der Waals surface area contributed by atoms with Gasteiger partial charge in [-0.1, -0.05) is 12.1 Å². The summed E-state index contributed by atoms with van der Waals surface area (Å²) < 4.78 is 33.8. The van der Waals surface area contributed by atoms with Crippen LogP contribution in [0.3, 0.4) is 0 Å². The molecule has 0 atom stereocenters. The SMILES string of the molecule is Cc1cccc2nc(CN(CCO)Cc3cccs3)cn12.O=C(O)C(F)(F)F. The van der Waals surface area contributed by atoms with Crippen molar-refractivity contribution < 1.29 is 28.2 Å². The Bertz CT molecular complexity index is 894. The molecule has 0 saturated heterocycles. The number of carboxylic acids is 1. The van der Waals surface area contributed by atoms with Crippen LogP contribution in [0.5, 0.6) is 0 Å². The summed E-state index contributed by atoms with van der Waals surface area (Å²) in [4.78, 5) is 17.1. The van der Waals surface area contributed by atoms with Crippen molar-refractivity contribution in [1.82, 2.24) is 14.3 Å². The third-order valence-electron chi connectivity index (χ3n) is 3.75. The number of aliphatic hydroxyl groups excluding tert-OH is 1. The molecule has 3 rings (SSSR count). The molecule has 28 heavy (non-hydrogen) atoms. The van der Waals surface area contributed by atoms with Gasteiger partial charge >= 0.3 is 12.1 Å². The van der Waals surface area contributed by atoms with Gasteiger partial charge in [0.05, 0.1) is 12.3 Å². The van der Waals surface area contributed by atoms with E-state index in [0.29, 0.717) is 6.54 Å². The second-order valence-electron chi connectivity index (χ2n) is 5.94. The average molecular weight is 415 g/mol. The number of carbonyl (C=O) groups is 1. The molecular formula is C18H20F3N3O3S. The second kappa shape index (κ2) is 9.67. The molecule has 0 radical (unpaired) electrons. The Morgan fingerprint density at radius 2 is 1.96 bits per heavy atom. The number of fused-ring (bicyclic) bond motifs is 1. The molecule has 0 fully saturated rings. The molecule has 2 N–H and O–H groups in total. The van der Waals surface area contributed by atoms with E-state index in [0.717, 1.165) is 24.4 Å². The van der Waals surface area contributed by atoms with Crippen LogP contribution >= 0.6 is 11.3 Å². The zero-order chi connectivity index (χ0) is 20.7. The molecule has 3 heterocycles. The normalized spacial score (nSPS) is 11.5. The van der Waals surface area contributed by atoms with Crippen LogP contribution < -0.4 is 0 Å². The fourth-order valence-electron chi connectivity index (χ4n) is 2.48. The van der Waals surface area contributed by atoms with Gasteiger partial charge in [0.15, 0.2) is 0 Å². The number of alkyl halides is 3. The van der Waals surface area contributed by atoms with Gasteiger partial charge < -0.3 is 14.6 Å². The molecule has 0 aliphatic rings. The molecule has 0 saturated carbocycles. The van der Waals surface area contributed by atoms with Crippen molar-refractivity contribution in [3.05, 3.63) is 58.2 Å². The molecule has 6 nitrogen and oxygen atoms in total. The fraction of sp³-hybridized carbons (Fsp3) is 0.333. The lowest BCUT2D eigenvalue weighted by Crippen LogP contribution is -2.25. The molecule has 10 heteroatoms. The van der Waals surface area contributed by atoms with Gasteiger partial charge in [0, 0.05) is 36.4 Å². The van der Waals surface area contributed by atoms with Gasteiger partial charge in [-0.15, -0.1) is 11.3 Å². The first kappa shape index (κ1) is 21.9. The van der Waals surface area contributed by atoms with E-state index in [-0.39, 0.29) is 6.61 Å². The lowest BCUT2D eigenvalue weighted by Gasteiger charge is -2.19. The Balaban J connectivity index is 0.000000345. The molecule has 0 unspecified atom stereocenters. The van der Waals surface area contributed by atoms with Gasteiger partial charge in [-0.2, -0.15) is 13.2 Å². The fourth-order valence-corrected chi connectivity index (χ4v) is 3.23. The Morgan fingerprint density at radius 1 is 1.25 bits per heavy atom. The van der Waals surface area contributed by atoms with Crippen LogP contribution in [0.15, 0.2) is 41.9 Å². The maximum Gasteiger partial charge on any atom is 0.490 e. The van der Waals surface area contributed by atoms with Gasteiger partial charge in [0.1, 0.15) is 5.65 Å². The number of hydrogen-bond donors (Lipinski definition) is 2. The van der Waals surface area contributed by atoms with Crippen molar-refractivity contribution in [3.63, 3.8) is 0 Å². The van der Waals surface area contributed by atoms with Gasteiger partial charge in [0.2, 0.25) is 0 Å². The Labute approximate surface area is 163 Å². The van der Waals surface area contributed by atoms with Gasteiger partial charge in [0.25, 0.3) is 0 Å². The summed E-state index contributed by atoms with van der Waals surface area (Å²) in [6.45, 7) is 4.50. The van der Waals surface area contributed by atoms with E-state index in [4.69, 9.17) is 9.90 Å². The Morgan fingerprint density at radius 3 is 2.50 bits per heavy atom. The highest BCUT2D eigenvalue weighted by atomic mass is 32.1. The lowest BCUT2D eigenvalue weighted by atomic mass is 10.3. The highest BCUT2D eigenvalue weighted by molar-refractivity contribution is 7.09. The maximum absolute atomic E-state index is 10.6. The zero-order valence-electron chi connectivity index (χ0n) is 15.1. The predicted octanol–water partition coefficient (Wildman–Crippen LogP) is 3.33. The molecule has 0 aromatic carbocycles. The van der Waals surface area contributed by atoms with Crippen LogP contribution in [0.1, 0.15) is 16.3 Å². The first-order valence-electron chi connectivity index (χ1n) is 8.30. The van der Waals surface area contributed by atoms with E-state index in [1.165, 1.54) is 10.6 Å². The van der Waals surface area contributed by atoms with Crippen LogP contribution in [-0.4, -0.2) is 49.8 Å². The van der Waals surface area contributed by atoms with Crippen molar-refractivity contribution >= 4 is 23.0 Å². The number of aliphatic hydroxyl groups is 1. The van der Waals surface area contributed by atoms with E-state index >= 15 is 0 Å². The predicted molar refractivity (Wildman–Crippen MR) is 99.1 cm³/mol. The van der Waals surface area contributed by atoms with E-state index < -0.39 is 12.1 Å². The highest BCUT2D eigenvalue weighted by Gasteiger charge is 2.38.